The van der Waals surface area contributed by atoms with E-state index in [0.717, 1.165) is 21.4 Å². The fourth-order valence-corrected chi connectivity index (χ4v) is 7.13. The number of piperazine rings is 1. The molecule has 0 bridgehead atoms. The molecule has 240 valence electrons. The van der Waals surface area contributed by atoms with Crippen molar-refractivity contribution in [1.29, 1.82) is 5.26 Å². The molecule has 2 saturated heterocycles. The van der Waals surface area contributed by atoms with Crippen LogP contribution < -0.4 is 11.1 Å². The number of urea groups is 1. The van der Waals surface area contributed by atoms with Crippen molar-refractivity contribution in [3.63, 3.8) is 0 Å². The van der Waals surface area contributed by atoms with Gasteiger partial charge in [-0.3, -0.25) is 9.59 Å². The molecule has 0 saturated carbocycles. The van der Waals surface area contributed by atoms with Crippen molar-refractivity contribution in [1.82, 2.24) is 30.1 Å². The van der Waals surface area contributed by atoms with E-state index in [2.05, 4.69) is 16.9 Å². The van der Waals surface area contributed by atoms with Crippen LogP contribution in [0, 0.1) is 11.3 Å². The van der Waals surface area contributed by atoms with Crippen LogP contribution in [0.4, 0.5) is 9.93 Å². The minimum atomic E-state index is -0.844. The van der Waals surface area contributed by atoms with Gasteiger partial charge in [-0.2, -0.15) is 10.3 Å². The van der Waals surface area contributed by atoms with E-state index in [-0.39, 0.29) is 51.0 Å². The lowest BCUT2D eigenvalue weighted by Gasteiger charge is -2.46. The molecule has 0 spiro atoms. The second-order valence-electron chi connectivity index (χ2n) is 11.2. The Bertz CT molecular complexity index is 1910. The molecular weight excluding hydrogens is 659 g/mol. The Hall–Kier alpha value is -4.67. The maximum Gasteiger partial charge on any atom is 0.333 e. The van der Waals surface area contributed by atoms with Gasteiger partial charge in [0.15, 0.2) is 5.13 Å². The van der Waals surface area contributed by atoms with E-state index < -0.39 is 18.2 Å². The molecule has 2 fully saturated rings. The van der Waals surface area contributed by atoms with Crippen molar-refractivity contribution < 1.29 is 14.4 Å². The molecule has 2 atom stereocenters. The number of nitrogens with two attached hydrogens (primary N) is 1. The van der Waals surface area contributed by atoms with Gasteiger partial charge in [0, 0.05) is 19.5 Å². The van der Waals surface area contributed by atoms with E-state index in [1.807, 2.05) is 48.5 Å². The Morgan fingerprint density at radius 2 is 1.91 bits per heavy atom. The van der Waals surface area contributed by atoms with Gasteiger partial charge in [0.05, 0.1) is 39.4 Å². The number of rotatable bonds is 9. The largest absolute Gasteiger partial charge is 0.375 e. The number of aromatic nitrogens is 1. The van der Waals surface area contributed by atoms with Gasteiger partial charge >= 0.3 is 6.03 Å². The number of fused-ring (bicyclic) bond motifs is 2. The first kappa shape index (κ1) is 32.3. The maximum atomic E-state index is 14.2. The third-order valence-electron chi connectivity index (χ3n) is 8.28. The van der Waals surface area contributed by atoms with Crippen LogP contribution in [0.15, 0.2) is 67.2 Å². The average Bonchev–Trinajstić information content (AvgIpc) is 3.61. The molecule has 2 aliphatic heterocycles. The first-order chi connectivity index (χ1) is 22.7. The number of hydrogen-bond donors (Lipinski definition) is 2. The molecule has 11 nitrogen and oxygen atoms in total. The zero-order valence-corrected chi connectivity index (χ0v) is 27.4. The topological polar surface area (TPSA) is 139 Å². The quantitative estimate of drug-likeness (QED) is 0.239. The molecule has 1 aromatic heterocycles. The number of nitrogens with zero attached hydrogens (tertiary/aromatic N) is 6. The number of carbonyl (C=O) groups excluding carboxylic acids is 3. The van der Waals surface area contributed by atoms with Crippen LogP contribution in [0.25, 0.3) is 16.3 Å². The van der Waals surface area contributed by atoms with E-state index in [1.54, 1.807) is 39.1 Å². The summed E-state index contributed by atoms with van der Waals surface area (Å²) in [6.07, 6.45) is 1.29. The van der Waals surface area contributed by atoms with Crippen LogP contribution >= 0.6 is 34.5 Å². The highest BCUT2D eigenvalue weighted by Gasteiger charge is 2.52. The van der Waals surface area contributed by atoms with E-state index in [9.17, 15) is 19.6 Å². The minimum Gasteiger partial charge on any atom is -0.375 e. The van der Waals surface area contributed by atoms with E-state index >= 15 is 0 Å². The molecule has 0 radical (unpaired) electrons. The Morgan fingerprint density at radius 3 is 2.64 bits per heavy atom. The lowest BCUT2D eigenvalue weighted by atomic mass is 9.99. The molecule has 0 aliphatic carbocycles. The highest BCUT2D eigenvalue weighted by Crippen LogP contribution is 2.32. The summed E-state index contributed by atoms with van der Waals surface area (Å²) in [5, 5.41) is 16.5. The molecule has 3 heterocycles. The van der Waals surface area contributed by atoms with E-state index in [4.69, 9.17) is 28.9 Å². The van der Waals surface area contributed by atoms with Crippen molar-refractivity contribution in [3.05, 3.63) is 99.5 Å². The molecule has 47 heavy (non-hydrogen) atoms. The van der Waals surface area contributed by atoms with Gasteiger partial charge < -0.3 is 20.9 Å². The summed E-state index contributed by atoms with van der Waals surface area (Å²) in [7, 11) is 0. The molecule has 6 rings (SSSR count). The second kappa shape index (κ2) is 13.6. The van der Waals surface area contributed by atoms with Crippen LogP contribution in [0.3, 0.4) is 0 Å². The molecule has 2 aliphatic rings. The summed E-state index contributed by atoms with van der Waals surface area (Å²) in [5.41, 5.74) is 10.0. The van der Waals surface area contributed by atoms with E-state index in [0.29, 0.717) is 26.3 Å². The number of benzene rings is 3. The molecule has 3 aromatic carbocycles. The minimum absolute atomic E-state index is 0.106. The second-order valence-corrected chi connectivity index (χ2v) is 13.1. The first-order valence-corrected chi connectivity index (χ1v) is 16.3. The fourth-order valence-electron chi connectivity index (χ4n) is 6.02. The predicted octanol–water partition coefficient (Wildman–Crippen LogP) is 4.90. The van der Waals surface area contributed by atoms with Crippen LogP contribution in [-0.4, -0.2) is 74.5 Å². The summed E-state index contributed by atoms with van der Waals surface area (Å²) < 4.78 is 0.904. The molecule has 4 aromatic rings. The fraction of sp³-hybridized carbons (Fsp3) is 0.242. The number of hydrazine groups is 1. The highest BCUT2D eigenvalue weighted by molar-refractivity contribution is 7.22. The molecule has 3 N–H and O–H groups in total. The van der Waals surface area contributed by atoms with E-state index in [1.165, 1.54) is 16.3 Å². The highest BCUT2D eigenvalue weighted by atomic mass is 35.5. The zero-order chi connectivity index (χ0) is 33.2. The van der Waals surface area contributed by atoms with Crippen molar-refractivity contribution in [2.75, 3.05) is 25.4 Å². The average molecular weight is 690 g/mol. The first-order valence-electron chi connectivity index (χ1n) is 14.7. The smallest absolute Gasteiger partial charge is 0.333 e. The number of para-hydroxylation sites is 1. The number of anilines is 1. The summed E-state index contributed by atoms with van der Waals surface area (Å²) in [6.45, 7) is 3.75. The van der Waals surface area contributed by atoms with Crippen molar-refractivity contribution in [2.45, 2.75) is 31.7 Å². The number of thiazole rings is 1. The standard InChI is InChI=1S/C33H30Cl2N8O3S/c1-2-20-6-8-21(9-7-20)15-26-31(45)40(17-23-4-3-5-27-30(23)39-32(37)47-27)18-28-42(19-29(44)43(26)28)41(13-12-36)33(46)38-16-22-10-11-24(34)25(35)14-22/h2-11,14,26,28H,1,13,15-19H2,(H2,37,39)(H,38,46)/t26-,28+/m0/s1. The van der Waals surface area contributed by atoms with Crippen LogP contribution in [0.1, 0.15) is 22.3 Å². The maximum absolute atomic E-state index is 14.2. The predicted molar refractivity (Wildman–Crippen MR) is 182 cm³/mol. The Balaban J connectivity index is 1.31. The van der Waals surface area contributed by atoms with Crippen molar-refractivity contribution in [2.24, 2.45) is 0 Å². The number of halogens is 2. The SMILES string of the molecule is C=Cc1ccc(C[C@H]2C(=O)N(Cc3cccc4sc(N)nc34)C[C@H]3N2C(=O)CN3N(CC#N)C(=O)NCc2ccc(Cl)c(Cl)c2)cc1. The number of nitriles is 1. The van der Waals surface area contributed by atoms with Crippen LogP contribution in [-0.2, 0) is 29.1 Å². The lowest BCUT2D eigenvalue weighted by molar-refractivity contribution is -0.157. The third-order valence-corrected chi connectivity index (χ3v) is 9.87. The van der Waals surface area contributed by atoms with Gasteiger partial charge in [0.2, 0.25) is 11.8 Å². The Labute approximate surface area is 285 Å². The zero-order valence-electron chi connectivity index (χ0n) is 25.1. The summed E-state index contributed by atoms with van der Waals surface area (Å²) in [4.78, 5) is 49.2. The van der Waals surface area contributed by atoms with Gasteiger partial charge in [-0.05, 0) is 40.5 Å². The normalized spacial score (nSPS) is 17.9. The number of carbonyl (C=O) groups is 3. The van der Waals surface area contributed by atoms with Gasteiger partial charge in [-0.25, -0.2) is 14.8 Å². The van der Waals surface area contributed by atoms with Crippen molar-refractivity contribution in [3.8, 4) is 6.07 Å². The van der Waals surface area contributed by atoms with Crippen molar-refractivity contribution >= 4 is 73.8 Å². The molecular formula is C33H30Cl2N8O3S. The van der Waals surface area contributed by atoms with Gasteiger partial charge in [0.25, 0.3) is 0 Å². The number of hydrogen-bond acceptors (Lipinski definition) is 8. The summed E-state index contributed by atoms with van der Waals surface area (Å²) in [5.74, 6) is -0.536. The monoisotopic (exact) mass is 688 g/mol. The molecule has 4 amide bonds. The van der Waals surface area contributed by atoms with Gasteiger partial charge in [-0.1, -0.05) is 89.7 Å². The lowest BCUT2D eigenvalue weighted by Crippen LogP contribution is -2.66. The Morgan fingerprint density at radius 1 is 1.15 bits per heavy atom. The summed E-state index contributed by atoms with van der Waals surface area (Å²) in [6, 6.07) is 19.0. The molecule has 14 heteroatoms. The summed E-state index contributed by atoms with van der Waals surface area (Å²) >= 11 is 13.5. The molecule has 0 unspecified atom stereocenters. The number of amides is 4. The van der Waals surface area contributed by atoms with Gasteiger partial charge in [-0.15, -0.1) is 0 Å². The van der Waals surface area contributed by atoms with Gasteiger partial charge in [0.1, 0.15) is 18.8 Å². The van der Waals surface area contributed by atoms with Crippen LogP contribution in [0.2, 0.25) is 10.0 Å². The number of nitrogen functional groups attached to an aromatic ring is 1. The van der Waals surface area contributed by atoms with Crippen LogP contribution in [0.5, 0.6) is 0 Å². The third kappa shape index (κ3) is 6.61. The number of nitrogens with one attached hydrogen (secondary N) is 1. The Kier molecular flexibility index (Phi) is 9.33.